The minimum Gasteiger partial charge on any atom is -0.497 e. The van der Waals surface area contributed by atoms with Crippen LogP contribution in [-0.2, 0) is 0 Å². The topological polar surface area (TPSA) is 46.6 Å². The van der Waals surface area contributed by atoms with Crippen LogP contribution < -0.4 is 19.7 Å². The van der Waals surface area contributed by atoms with E-state index < -0.39 is 5.82 Å². The molecule has 1 aromatic heterocycles. The molecule has 1 fully saturated rings. The third-order valence-corrected chi connectivity index (χ3v) is 4.95. The van der Waals surface area contributed by atoms with Crippen LogP contribution in [0, 0.1) is 5.82 Å². The summed E-state index contributed by atoms with van der Waals surface area (Å²) in [5.74, 6) is 1.55. The number of hydrogen-bond acceptors (Lipinski definition) is 5. The Bertz CT molecular complexity index is 971. The fourth-order valence-corrected chi connectivity index (χ4v) is 3.53. The Labute approximate surface area is 157 Å². The van der Waals surface area contributed by atoms with E-state index in [2.05, 4.69) is 10.2 Å². The van der Waals surface area contributed by atoms with Gasteiger partial charge in [0.15, 0.2) is 11.6 Å². The number of rotatable bonds is 4. The van der Waals surface area contributed by atoms with Crippen LogP contribution in [0.5, 0.6) is 11.5 Å². The third-order valence-electron chi connectivity index (χ3n) is 4.95. The number of nitrogens with one attached hydrogen (secondary N) is 1. The van der Waals surface area contributed by atoms with Gasteiger partial charge in [0.2, 0.25) is 0 Å². The number of ether oxygens (including phenoxy) is 2. The number of fused-ring (bicyclic) bond motifs is 1. The molecular formula is C21H22FN3O2. The average Bonchev–Trinajstić information content (AvgIpc) is 2.73. The Balaban J connectivity index is 1.89. The minimum absolute atomic E-state index is 0.228. The van der Waals surface area contributed by atoms with Gasteiger partial charge in [-0.25, -0.2) is 9.37 Å². The van der Waals surface area contributed by atoms with Crippen molar-refractivity contribution in [3.8, 4) is 22.6 Å². The summed E-state index contributed by atoms with van der Waals surface area (Å²) in [5, 5.41) is 5.38. The second-order valence-electron chi connectivity index (χ2n) is 6.49. The van der Waals surface area contributed by atoms with Gasteiger partial charge in [-0.05, 0) is 41.3 Å². The second-order valence-corrected chi connectivity index (χ2v) is 6.49. The number of methoxy groups -OCH3 is 2. The Hall–Kier alpha value is -2.86. The molecule has 1 saturated heterocycles. The molecule has 0 radical (unpaired) electrons. The summed E-state index contributed by atoms with van der Waals surface area (Å²) in [6, 6.07) is 10.9. The summed E-state index contributed by atoms with van der Waals surface area (Å²) >= 11 is 0. The van der Waals surface area contributed by atoms with Gasteiger partial charge in [0.05, 0.1) is 14.2 Å². The zero-order chi connectivity index (χ0) is 18.8. The zero-order valence-electron chi connectivity index (χ0n) is 15.5. The smallest absolute Gasteiger partial charge is 0.165 e. The molecule has 5 nitrogen and oxygen atoms in total. The fourth-order valence-electron chi connectivity index (χ4n) is 3.53. The number of piperazine rings is 1. The molecular weight excluding hydrogens is 345 g/mol. The highest BCUT2D eigenvalue weighted by Gasteiger charge is 2.18. The molecule has 2 heterocycles. The first-order chi connectivity index (χ1) is 13.2. The quantitative estimate of drug-likeness (QED) is 0.765. The van der Waals surface area contributed by atoms with Crippen LogP contribution in [0.15, 0.2) is 42.6 Å². The maximum absolute atomic E-state index is 14.3. The summed E-state index contributed by atoms with van der Waals surface area (Å²) in [6.45, 7) is 3.69. The molecule has 1 aliphatic heterocycles. The van der Waals surface area contributed by atoms with E-state index in [4.69, 9.17) is 14.5 Å². The highest BCUT2D eigenvalue weighted by molar-refractivity contribution is 6.02. The third kappa shape index (κ3) is 3.28. The van der Waals surface area contributed by atoms with Crippen LogP contribution in [0.1, 0.15) is 0 Å². The summed E-state index contributed by atoms with van der Waals surface area (Å²) in [5.41, 5.74) is 1.62. The van der Waals surface area contributed by atoms with Gasteiger partial charge < -0.3 is 19.7 Å². The maximum atomic E-state index is 14.3. The molecule has 1 aliphatic rings. The molecule has 4 rings (SSSR count). The Morgan fingerprint density at radius 1 is 1.00 bits per heavy atom. The number of benzene rings is 2. The first-order valence-corrected chi connectivity index (χ1v) is 8.97. The van der Waals surface area contributed by atoms with Crippen LogP contribution in [0.25, 0.3) is 21.9 Å². The van der Waals surface area contributed by atoms with Gasteiger partial charge in [-0.1, -0.05) is 6.07 Å². The molecule has 140 valence electrons. The molecule has 2 aromatic carbocycles. The molecule has 0 bridgehead atoms. The highest BCUT2D eigenvalue weighted by atomic mass is 19.1. The SMILES string of the molecule is COc1ccc2c(N3CCNCC3)ncc(-c3ccc(OC)c(F)c3)c2c1. The minimum atomic E-state index is -0.391. The van der Waals surface area contributed by atoms with Crippen molar-refractivity contribution in [1.29, 1.82) is 0 Å². The van der Waals surface area contributed by atoms with Crippen LogP contribution in [0.4, 0.5) is 10.2 Å². The van der Waals surface area contributed by atoms with Crippen LogP contribution in [0.3, 0.4) is 0 Å². The Morgan fingerprint density at radius 2 is 1.81 bits per heavy atom. The van der Waals surface area contributed by atoms with E-state index in [0.717, 1.165) is 59.6 Å². The van der Waals surface area contributed by atoms with E-state index in [-0.39, 0.29) is 5.75 Å². The van der Waals surface area contributed by atoms with Crippen molar-refractivity contribution in [3.05, 3.63) is 48.4 Å². The molecule has 0 spiro atoms. The Morgan fingerprint density at radius 3 is 2.52 bits per heavy atom. The zero-order valence-corrected chi connectivity index (χ0v) is 15.5. The van der Waals surface area contributed by atoms with Gasteiger partial charge in [0, 0.05) is 43.3 Å². The Kier molecular flexibility index (Phi) is 4.81. The summed E-state index contributed by atoms with van der Waals surface area (Å²) in [6.07, 6.45) is 1.82. The first-order valence-electron chi connectivity index (χ1n) is 8.97. The molecule has 6 heteroatoms. The number of pyridine rings is 1. The van der Waals surface area contributed by atoms with Gasteiger partial charge >= 0.3 is 0 Å². The molecule has 1 N–H and O–H groups in total. The number of anilines is 1. The fraction of sp³-hybridized carbons (Fsp3) is 0.286. The predicted octanol–water partition coefficient (Wildman–Crippen LogP) is 3.47. The van der Waals surface area contributed by atoms with Crippen molar-refractivity contribution in [2.45, 2.75) is 0 Å². The van der Waals surface area contributed by atoms with Crippen LogP contribution in [0.2, 0.25) is 0 Å². The second kappa shape index (κ2) is 7.40. The van der Waals surface area contributed by atoms with Gasteiger partial charge in [-0.2, -0.15) is 0 Å². The lowest BCUT2D eigenvalue weighted by molar-refractivity contribution is 0.386. The summed E-state index contributed by atoms with van der Waals surface area (Å²) in [4.78, 5) is 7.02. The van der Waals surface area contributed by atoms with E-state index >= 15 is 0 Å². The van der Waals surface area contributed by atoms with Crippen LogP contribution in [-0.4, -0.2) is 45.4 Å². The van der Waals surface area contributed by atoms with E-state index in [0.29, 0.717) is 0 Å². The molecule has 0 amide bonds. The van der Waals surface area contributed by atoms with Crippen molar-refractivity contribution in [2.24, 2.45) is 0 Å². The van der Waals surface area contributed by atoms with Gasteiger partial charge in [0.25, 0.3) is 0 Å². The van der Waals surface area contributed by atoms with Crippen molar-refractivity contribution < 1.29 is 13.9 Å². The van der Waals surface area contributed by atoms with Gasteiger partial charge in [-0.15, -0.1) is 0 Å². The molecule has 0 atom stereocenters. The lowest BCUT2D eigenvalue weighted by atomic mass is 9.99. The molecule has 0 saturated carbocycles. The predicted molar refractivity (Wildman–Crippen MR) is 105 cm³/mol. The monoisotopic (exact) mass is 367 g/mol. The lowest BCUT2D eigenvalue weighted by Crippen LogP contribution is -2.44. The normalized spacial score (nSPS) is 14.4. The van der Waals surface area contributed by atoms with Crippen molar-refractivity contribution >= 4 is 16.6 Å². The maximum Gasteiger partial charge on any atom is 0.165 e. The molecule has 3 aromatic rings. The summed E-state index contributed by atoms with van der Waals surface area (Å²) < 4.78 is 24.7. The first kappa shape index (κ1) is 17.5. The van der Waals surface area contributed by atoms with Crippen LogP contribution >= 0.6 is 0 Å². The number of aromatic nitrogens is 1. The summed E-state index contributed by atoms with van der Waals surface area (Å²) in [7, 11) is 3.11. The van der Waals surface area contributed by atoms with Crippen molar-refractivity contribution in [1.82, 2.24) is 10.3 Å². The molecule has 0 aliphatic carbocycles. The average molecular weight is 367 g/mol. The van der Waals surface area contributed by atoms with E-state index in [1.54, 1.807) is 13.2 Å². The molecule has 0 unspecified atom stereocenters. The lowest BCUT2D eigenvalue weighted by Gasteiger charge is -2.29. The van der Waals surface area contributed by atoms with Gasteiger partial charge in [-0.3, -0.25) is 0 Å². The molecule has 27 heavy (non-hydrogen) atoms. The number of halogens is 1. The standard InChI is InChI=1S/C21H22FN3O2/c1-26-15-4-5-16-17(12-15)18(14-3-6-20(27-2)19(22)11-14)13-24-21(16)25-9-7-23-8-10-25/h3-6,11-13,23H,7-10H2,1-2H3. The highest BCUT2D eigenvalue weighted by Crippen LogP contribution is 2.36. The van der Waals surface area contributed by atoms with Crippen molar-refractivity contribution in [3.63, 3.8) is 0 Å². The largest absolute Gasteiger partial charge is 0.497 e. The van der Waals surface area contributed by atoms with Crippen molar-refractivity contribution in [2.75, 3.05) is 45.3 Å². The van der Waals surface area contributed by atoms with Gasteiger partial charge in [0.1, 0.15) is 11.6 Å². The number of hydrogen-bond donors (Lipinski definition) is 1. The van der Waals surface area contributed by atoms with E-state index in [9.17, 15) is 4.39 Å². The number of nitrogens with zero attached hydrogens (tertiary/aromatic N) is 2. The van der Waals surface area contributed by atoms with E-state index in [1.165, 1.54) is 13.2 Å². The van der Waals surface area contributed by atoms with E-state index in [1.807, 2.05) is 30.5 Å².